The number of aromatic nitrogens is 2. The highest BCUT2D eigenvalue weighted by atomic mass is 32.2. The van der Waals surface area contributed by atoms with Gasteiger partial charge in [-0.25, -0.2) is 0 Å². The van der Waals surface area contributed by atoms with Crippen molar-refractivity contribution in [2.75, 3.05) is 16.8 Å². The molecule has 4 nitrogen and oxygen atoms in total. The van der Waals surface area contributed by atoms with Gasteiger partial charge in [-0.3, -0.25) is 0 Å². The largest absolute Gasteiger partial charge is 0.344 e. The molecule has 2 aliphatic heterocycles. The molecule has 0 spiro atoms. The second-order valence-corrected chi connectivity index (χ2v) is 27.3. The monoisotopic (exact) mass is 1220 g/mol. The minimum Gasteiger partial charge on any atom is -0.344 e. The van der Waals surface area contributed by atoms with E-state index in [-0.39, 0.29) is 0 Å². The molecule has 0 fully saturated rings. The van der Waals surface area contributed by atoms with Gasteiger partial charge in [-0.05, 0) is 178 Å². The number of aryl methyl sites for hydroxylation is 1. The van der Waals surface area contributed by atoms with E-state index in [1.807, 2.05) is 11.8 Å². The lowest BCUT2D eigenvalue weighted by Gasteiger charge is -2.49. The van der Waals surface area contributed by atoms with Gasteiger partial charge in [0.05, 0.1) is 55.3 Å². The van der Waals surface area contributed by atoms with Crippen molar-refractivity contribution >= 4 is 94.8 Å². The van der Waals surface area contributed by atoms with E-state index in [0.717, 1.165) is 23.5 Å². The van der Waals surface area contributed by atoms with Gasteiger partial charge < -0.3 is 18.6 Å². The van der Waals surface area contributed by atoms with Gasteiger partial charge >= 0.3 is 0 Å². The zero-order chi connectivity index (χ0) is 62.4. The minimum absolute atomic E-state index is 0.430. The summed E-state index contributed by atoms with van der Waals surface area (Å²) in [6.07, 6.45) is 6.11. The van der Waals surface area contributed by atoms with Gasteiger partial charge in [-0.2, -0.15) is 0 Å². The highest BCUT2D eigenvalue weighted by Crippen LogP contribution is 2.62. The summed E-state index contributed by atoms with van der Waals surface area (Å²) in [5.41, 5.74) is 28.9. The molecule has 1 aliphatic carbocycles. The molecule has 19 rings (SSSR count). The number of hydrogen-bond donors (Lipinski definition) is 0. The quantitative estimate of drug-likeness (QED) is 0.106. The van der Waals surface area contributed by atoms with Gasteiger partial charge in [0, 0.05) is 55.4 Å². The van der Waals surface area contributed by atoms with Crippen molar-refractivity contribution in [1.29, 1.82) is 0 Å². The van der Waals surface area contributed by atoms with Crippen molar-refractivity contribution in [1.82, 2.24) is 8.80 Å². The maximum Gasteiger partial charge on any atom is 0.0789 e. The average molecular weight is 1220 g/mol. The van der Waals surface area contributed by atoms with Crippen molar-refractivity contribution in [3.8, 4) is 22.3 Å². The molecule has 13 aromatic carbocycles. The first-order valence-corrected chi connectivity index (χ1v) is 34.1. The topological polar surface area (TPSA) is 15.3 Å². The van der Waals surface area contributed by atoms with E-state index in [1.54, 1.807) is 0 Å². The third-order valence-corrected chi connectivity index (χ3v) is 22.7. The molecule has 16 aromatic rings. The predicted molar refractivity (Wildman–Crippen MR) is 394 cm³/mol. The maximum atomic E-state index is 2.59. The van der Waals surface area contributed by atoms with Crippen LogP contribution in [0.15, 0.2) is 319 Å². The molecule has 0 radical (unpaired) electrons. The van der Waals surface area contributed by atoms with Crippen LogP contribution in [0.1, 0.15) is 70.7 Å². The second-order valence-electron chi connectivity index (χ2n) is 26.2. The first-order chi connectivity index (χ1) is 46.4. The summed E-state index contributed by atoms with van der Waals surface area (Å²) in [6, 6.07) is 112. The molecule has 0 amide bonds. The average Bonchev–Trinajstić information content (AvgIpc) is 1.32. The number of rotatable bonds is 9. The van der Waals surface area contributed by atoms with Crippen LogP contribution >= 0.6 is 11.8 Å². The van der Waals surface area contributed by atoms with Crippen LogP contribution in [0.4, 0.5) is 28.4 Å². The Morgan fingerprint density at radius 3 is 1.47 bits per heavy atom. The molecule has 5 heteroatoms. The van der Waals surface area contributed by atoms with E-state index in [9.17, 15) is 0 Å². The number of benzene rings is 13. The molecular weight excluding hydrogens is 1160 g/mol. The molecule has 0 N–H and O–H groups in total. The first-order valence-electron chi connectivity index (χ1n) is 33.3. The SMILES string of the molecule is Cc1ccccc1C1(C2=CCCCC2C)c2ccccc2N(c2ccc(-c3ccc4c5c3c3ccccc3n5c3ccc(-c5ccc(N(C)c6ccccc6C6(c7ccccc7)c7ccccc7Sc7ccccc76)cc5)c5c6ccccc6n4c53)cc2)c2ccccc21. The van der Waals surface area contributed by atoms with Crippen molar-refractivity contribution in [2.45, 2.75) is 53.7 Å². The Bertz CT molecular complexity index is 5660. The third-order valence-electron chi connectivity index (χ3n) is 21.6. The van der Waals surface area contributed by atoms with E-state index in [4.69, 9.17) is 0 Å². The van der Waals surface area contributed by atoms with Crippen LogP contribution in [-0.2, 0) is 10.8 Å². The van der Waals surface area contributed by atoms with Crippen molar-refractivity contribution < 1.29 is 0 Å². The van der Waals surface area contributed by atoms with Crippen LogP contribution in [0.3, 0.4) is 0 Å². The van der Waals surface area contributed by atoms with Gasteiger partial charge in [-0.1, -0.05) is 249 Å². The van der Waals surface area contributed by atoms with Crippen LogP contribution in [0, 0.1) is 12.8 Å². The zero-order valence-corrected chi connectivity index (χ0v) is 53.6. The molecule has 94 heavy (non-hydrogen) atoms. The highest BCUT2D eigenvalue weighted by molar-refractivity contribution is 7.99. The van der Waals surface area contributed by atoms with Crippen LogP contribution in [0.5, 0.6) is 0 Å². The van der Waals surface area contributed by atoms with Gasteiger partial charge in [0.25, 0.3) is 0 Å². The standard InChI is InChI=1S/C89H66N4S/c1-57-25-7-11-31-68(57)89(69-32-12-8-26-58(69)2)71-34-14-21-41-78(71)91(79-42-22-15-35-72(79)89)63-51-47-60(48-52-63)65-54-56-81-87-85(65)67-30-10-19-39-76(67)93(87)80-55-53-64(84-66-29-9-18-38-75(66)92(81)86(80)84)59-45-49-62(50-46-59)90(3)77-40-20-13-33-70(77)88(61-27-5-4-6-28-61)73-36-16-23-43-82(73)94-83-44-24-17-37-74(83)88/h4-7,9-11,13-25,27-56,58H,8,12,26H2,1-3H3. The third kappa shape index (κ3) is 7.59. The molecule has 0 saturated heterocycles. The molecule has 1 atom stereocenters. The lowest BCUT2D eigenvalue weighted by atomic mass is 9.57. The Kier molecular flexibility index (Phi) is 12.3. The zero-order valence-electron chi connectivity index (χ0n) is 52.8. The summed E-state index contributed by atoms with van der Waals surface area (Å²) in [7, 11) is 2.23. The van der Waals surface area contributed by atoms with E-state index < -0.39 is 10.8 Å². The summed E-state index contributed by atoms with van der Waals surface area (Å²) in [6.45, 7) is 4.76. The predicted octanol–water partition coefficient (Wildman–Crippen LogP) is 23.4. The van der Waals surface area contributed by atoms with E-state index in [1.165, 1.54) is 161 Å². The summed E-state index contributed by atoms with van der Waals surface area (Å²) in [5.74, 6) is 0.441. The Balaban J connectivity index is 0.733. The summed E-state index contributed by atoms with van der Waals surface area (Å²) in [5, 5.41) is 5.01. The maximum absolute atomic E-state index is 2.59. The van der Waals surface area contributed by atoms with Crippen molar-refractivity contribution in [2.24, 2.45) is 5.92 Å². The Hall–Kier alpha value is -10.9. The smallest absolute Gasteiger partial charge is 0.0789 e. The number of para-hydroxylation sites is 5. The lowest BCUT2D eigenvalue weighted by Crippen LogP contribution is -2.41. The normalized spacial score (nSPS) is 15.5. The van der Waals surface area contributed by atoms with Gasteiger partial charge in [0.15, 0.2) is 0 Å². The van der Waals surface area contributed by atoms with Crippen LogP contribution in [0.25, 0.3) is 76.9 Å². The molecule has 5 heterocycles. The second kappa shape index (κ2) is 21.1. The molecule has 1 unspecified atom stereocenters. The van der Waals surface area contributed by atoms with Crippen molar-refractivity contribution in [3.05, 3.63) is 353 Å². The van der Waals surface area contributed by atoms with Crippen LogP contribution in [0.2, 0.25) is 0 Å². The van der Waals surface area contributed by atoms with Crippen LogP contribution in [-0.4, -0.2) is 15.8 Å². The number of hydrogen-bond acceptors (Lipinski definition) is 3. The Labute approximate surface area is 552 Å². The summed E-state index contributed by atoms with van der Waals surface area (Å²) >= 11 is 1.87. The van der Waals surface area contributed by atoms with Gasteiger partial charge in [0.1, 0.15) is 0 Å². The lowest BCUT2D eigenvalue weighted by molar-refractivity contribution is 0.487. The number of nitrogens with zero attached hydrogens (tertiary/aromatic N) is 4. The molecule has 3 aromatic heterocycles. The fourth-order valence-corrected chi connectivity index (χ4v) is 18.8. The number of fused-ring (bicyclic) bond motifs is 12. The molecule has 0 bridgehead atoms. The van der Waals surface area contributed by atoms with Gasteiger partial charge in [0.2, 0.25) is 0 Å². The van der Waals surface area contributed by atoms with Crippen molar-refractivity contribution in [3.63, 3.8) is 0 Å². The summed E-state index contributed by atoms with van der Waals surface area (Å²) < 4.78 is 5.12. The molecule has 3 aliphatic rings. The fraction of sp³-hybridized carbons (Fsp3) is 0.101. The Morgan fingerprint density at radius 2 is 0.894 bits per heavy atom. The number of anilines is 5. The fourth-order valence-electron chi connectivity index (χ4n) is 17.7. The minimum atomic E-state index is -0.557. The van der Waals surface area contributed by atoms with Gasteiger partial charge in [-0.15, -0.1) is 0 Å². The van der Waals surface area contributed by atoms with E-state index in [0.29, 0.717) is 5.92 Å². The molecule has 448 valence electrons. The summed E-state index contributed by atoms with van der Waals surface area (Å²) in [4.78, 5) is 7.48. The first kappa shape index (κ1) is 54.8. The Morgan fingerprint density at radius 1 is 0.415 bits per heavy atom. The van der Waals surface area contributed by atoms with E-state index in [2.05, 4.69) is 343 Å². The highest BCUT2D eigenvalue weighted by Gasteiger charge is 2.50. The molecular formula is C89H66N4S. The molecule has 0 saturated carbocycles. The number of allylic oxidation sites excluding steroid dienone is 2. The van der Waals surface area contributed by atoms with Crippen LogP contribution < -0.4 is 9.80 Å². The van der Waals surface area contributed by atoms with E-state index >= 15 is 0 Å².